The van der Waals surface area contributed by atoms with E-state index in [0.29, 0.717) is 17.1 Å². The van der Waals surface area contributed by atoms with Crippen LogP contribution in [0.1, 0.15) is 25.8 Å². The summed E-state index contributed by atoms with van der Waals surface area (Å²) in [5.41, 5.74) is 0.836. The highest BCUT2D eigenvalue weighted by atomic mass is 35.5. The Bertz CT molecular complexity index is 419. The molecule has 1 aromatic heterocycles. The second-order valence-electron chi connectivity index (χ2n) is 4.88. The Balaban J connectivity index is 2.08. The van der Waals surface area contributed by atoms with Gasteiger partial charge >= 0.3 is 0 Å². The Hall–Kier alpha value is -0.580. The number of aromatic nitrogens is 2. The zero-order chi connectivity index (χ0) is 13.8. The lowest BCUT2D eigenvalue weighted by Crippen LogP contribution is -2.50. The third kappa shape index (κ3) is 3.30. The van der Waals surface area contributed by atoms with Crippen molar-refractivity contribution >= 4 is 29.0 Å². The number of hydrogen-bond donors (Lipinski definition) is 0. The van der Waals surface area contributed by atoms with E-state index < -0.39 is 0 Å². The van der Waals surface area contributed by atoms with E-state index in [1.165, 1.54) is 12.7 Å². The Kier molecular flexibility index (Phi) is 5.25. The first-order chi connectivity index (χ1) is 9.17. The molecule has 0 amide bonds. The maximum atomic E-state index is 6.08. The lowest BCUT2D eigenvalue weighted by molar-refractivity contribution is 0.192. The number of piperazine rings is 1. The van der Waals surface area contributed by atoms with Crippen molar-refractivity contribution in [3.8, 4) is 0 Å². The first kappa shape index (κ1) is 14.8. The van der Waals surface area contributed by atoms with Gasteiger partial charge in [-0.2, -0.15) is 0 Å². The number of hydrogen-bond acceptors (Lipinski definition) is 4. The molecule has 0 radical (unpaired) electrons. The van der Waals surface area contributed by atoms with Crippen LogP contribution in [-0.2, 0) is 5.88 Å². The summed E-state index contributed by atoms with van der Waals surface area (Å²) < 4.78 is 0. The summed E-state index contributed by atoms with van der Waals surface area (Å²) in [5, 5.41) is 0.462. The predicted octanol–water partition coefficient (Wildman–Crippen LogP) is 2.79. The van der Waals surface area contributed by atoms with Crippen LogP contribution in [0, 0.1) is 0 Å². The number of alkyl halides is 1. The highest BCUT2D eigenvalue weighted by molar-refractivity contribution is 6.31. The third-order valence-electron chi connectivity index (χ3n) is 3.83. The molecule has 6 heteroatoms. The molecule has 0 aliphatic carbocycles. The van der Waals surface area contributed by atoms with Gasteiger partial charge < -0.3 is 4.90 Å². The lowest BCUT2D eigenvalue weighted by atomic mass is 10.2. The Morgan fingerprint density at radius 1 is 1.26 bits per heavy atom. The SMILES string of the molecule is CCC(C)N1CCN(c2ncnc(Cl)c2CCl)CC1. The van der Waals surface area contributed by atoms with Gasteiger partial charge in [-0.15, -0.1) is 11.6 Å². The van der Waals surface area contributed by atoms with E-state index in [9.17, 15) is 0 Å². The second kappa shape index (κ2) is 6.73. The first-order valence-corrected chi connectivity index (χ1v) is 7.63. The molecule has 1 fully saturated rings. The number of rotatable bonds is 4. The van der Waals surface area contributed by atoms with Gasteiger partial charge in [0.15, 0.2) is 0 Å². The molecule has 2 heterocycles. The second-order valence-corrected chi connectivity index (χ2v) is 5.51. The molecule has 1 saturated heterocycles. The van der Waals surface area contributed by atoms with Gasteiger partial charge in [-0.25, -0.2) is 9.97 Å². The summed E-state index contributed by atoms with van der Waals surface area (Å²) in [4.78, 5) is 13.1. The molecule has 0 aromatic carbocycles. The minimum atomic E-state index is 0.348. The average Bonchev–Trinajstić information content (AvgIpc) is 2.46. The van der Waals surface area contributed by atoms with Gasteiger partial charge in [-0.3, -0.25) is 4.90 Å². The van der Waals surface area contributed by atoms with E-state index in [-0.39, 0.29) is 0 Å². The maximum absolute atomic E-state index is 6.08. The summed E-state index contributed by atoms with van der Waals surface area (Å²) in [7, 11) is 0. The smallest absolute Gasteiger partial charge is 0.138 e. The van der Waals surface area contributed by atoms with Crippen LogP contribution in [-0.4, -0.2) is 47.1 Å². The molecule has 0 saturated carbocycles. The van der Waals surface area contributed by atoms with E-state index in [0.717, 1.165) is 37.6 Å². The van der Waals surface area contributed by atoms with Crippen molar-refractivity contribution in [1.82, 2.24) is 14.9 Å². The molecule has 1 aliphatic rings. The standard InChI is InChI=1S/C13H20Cl2N4/c1-3-10(2)18-4-6-19(7-5-18)13-11(8-14)12(15)16-9-17-13/h9-10H,3-8H2,1-2H3. The normalized spacial score (nSPS) is 18.6. The van der Waals surface area contributed by atoms with Crippen LogP contribution in [0.25, 0.3) is 0 Å². The first-order valence-electron chi connectivity index (χ1n) is 6.71. The Morgan fingerprint density at radius 2 is 1.95 bits per heavy atom. The van der Waals surface area contributed by atoms with Crippen LogP contribution in [0.3, 0.4) is 0 Å². The largest absolute Gasteiger partial charge is 0.354 e. The molecule has 0 spiro atoms. The highest BCUT2D eigenvalue weighted by Crippen LogP contribution is 2.26. The van der Waals surface area contributed by atoms with E-state index in [2.05, 4.69) is 33.6 Å². The molecule has 106 valence electrons. The van der Waals surface area contributed by atoms with Crippen LogP contribution in [0.5, 0.6) is 0 Å². The quantitative estimate of drug-likeness (QED) is 0.632. The van der Waals surface area contributed by atoms with Gasteiger partial charge in [0.2, 0.25) is 0 Å². The van der Waals surface area contributed by atoms with E-state index in [1.807, 2.05) is 0 Å². The van der Waals surface area contributed by atoms with Crippen LogP contribution < -0.4 is 4.90 Å². The minimum Gasteiger partial charge on any atom is -0.354 e. The van der Waals surface area contributed by atoms with Crippen molar-refractivity contribution in [3.05, 3.63) is 17.0 Å². The molecule has 1 atom stereocenters. The molecule has 1 unspecified atom stereocenters. The van der Waals surface area contributed by atoms with Crippen molar-refractivity contribution in [2.24, 2.45) is 0 Å². The summed E-state index contributed by atoms with van der Waals surface area (Å²) in [6, 6.07) is 0.642. The third-order valence-corrected chi connectivity index (χ3v) is 4.42. The minimum absolute atomic E-state index is 0.348. The number of halogens is 2. The van der Waals surface area contributed by atoms with Crippen LogP contribution in [0.2, 0.25) is 5.15 Å². The molecule has 2 rings (SSSR count). The molecular formula is C13H20Cl2N4. The average molecular weight is 303 g/mol. The van der Waals surface area contributed by atoms with E-state index in [1.54, 1.807) is 0 Å². The lowest BCUT2D eigenvalue weighted by Gasteiger charge is -2.38. The van der Waals surface area contributed by atoms with Crippen molar-refractivity contribution < 1.29 is 0 Å². The fourth-order valence-corrected chi connectivity index (χ4v) is 2.91. The van der Waals surface area contributed by atoms with Gasteiger partial charge in [-0.05, 0) is 13.3 Å². The molecule has 19 heavy (non-hydrogen) atoms. The van der Waals surface area contributed by atoms with Gasteiger partial charge in [0.25, 0.3) is 0 Å². The zero-order valence-corrected chi connectivity index (χ0v) is 13.0. The molecular weight excluding hydrogens is 283 g/mol. The Morgan fingerprint density at radius 3 is 2.53 bits per heavy atom. The molecule has 0 bridgehead atoms. The number of nitrogens with zero attached hydrogens (tertiary/aromatic N) is 4. The maximum Gasteiger partial charge on any atom is 0.138 e. The molecule has 1 aromatic rings. The van der Waals surface area contributed by atoms with Crippen molar-refractivity contribution in [1.29, 1.82) is 0 Å². The van der Waals surface area contributed by atoms with Crippen LogP contribution in [0.4, 0.5) is 5.82 Å². The van der Waals surface area contributed by atoms with E-state index in [4.69, 9.17) is 23.2 Å². The molecule has 0 N–H and O–H groups in total. The number of anilines is 1. The van der Waals surface area contributed by atoms with Crippen molar-refractivity contribution in [2.45, 2.75) is 32.2 Å². The topological polar surface area (TPSA) is 32.3 Å². The summed E-state index contributed by atoms with van der Waals surface area (Å²) >= 11 is 12.0. The van der Waals surface area contributed by atoms with Crippen LogP contribution >= 0.6 is 23.2 Å². The zero-order valence-electron chi connectivity index (χ0n) is 11.4. The highest BCUT2D eigenvalue weighted by Gasteiger charge is 2.23. The molecule has 1 aliphatic heterocycles. The monoisotopic (exact) mass is 302 g/mol. The predicted molar refractivity (Wildman–Crippen MR) is 80.1 cm³/mol. The van der Waals surface area contributed by atoms with Gasteiger partial charge in [-0.1, -0.05) is 18.5 Å². The molecule has 4 nitrogen and oxygen atoms in total. The van der Waals surface area contributed by atoms with Gasteiger partial charge in [0.05, 0.1) is 5.88 Å². The van der Waals surface area contributed by atoms with Gasteiger partial charge in [0, 0.05) is 37.8 Å². The van der Waals surface area contributed by atoms with Crippen LogP contribution in [0.15, 0.2) is 6.33 Å². The summed E-state index contributed by atoms with van der Waals surface area (Å²) in [6.07, 6.45) is 2.70. The summed E-state index contributed by atoms with van der Waals surface area (Å²) in [6.45, 7) is 8.54. The van der Waals surface area contributed by atoms with E-state index >= 15 is 0 Å². The Labute approximate surface area is 124 Å². The van der Waals surface area contributed by atoms with Gasteiger partial charge in [0.1, 0.15) is 17.3 Å². The van der Waals surface area contributed by atoms with Crippen molar-refractivity contribution in [3.63, 3.8) is 0 Å². The fourth-order valence-electron chi connectivity index (χ4n) is 2.40. The summed E-state index contributed by atoms with van der Waals surface area (Å²) in [5.74, 6) is 1.24. The fraction of sp³-hybridized carbons (Fsp3) is 0.692. The van der Waals surface area contributed by atoms with Crippen molar-refractivity contribution in [2.75, 3.05) is 31.1 Å².